The maximum absolute atomic E-state index is 10.3. The van der Waals surface area contributed by atoms with E-state index in [2.05, 4.69) is 10.1 Å². The molecule has 0 saturated heterocycles. The zero-order chi connectivity index (χ0) is 13.6. The van der Waals surface area contributed by atoms with E-state index in [1.165, 1.54) is 0 Å². The highest BCUT2D eigenvalue weighted by Crippen LogP contribution is 2.49. The van der Waals surface area contributed by atoms with Crippen LogP contribution in [0.15, 0.2) is 5.16 Å². The van der Waals surface area contributed by atoms with Gasteiger partial charge in [-0.1, -0.05) is 5.16 Å². The number of benzene rings is 1. The number of likely N-dealkylation sites (N-methyl/N-ethyl adjacent to an activating group) is 1. The molecule has 0 atom stereocenters. The molecule has 0 aromatic heterocycles. The van der Waals surface area contributed by atoms with Crippen molar-refractivity contribution >= 4 is 5.71 Å². The topological polar surface area (TPSA) is 74.5 Å². The van der Waals surface area contributed by atoms with E-state index in [-0.39, 0.29) is 12.5 Å². The maximum atomic E-state index is 10.3. The van der Waals surface area contributed by atoms with E-state index < -0.39 is 0 Å². The van der Waals surface area contributed by atoms with E-state index >= 15 is 0 Å². The molecule has 1 aromatic carbocycles. The normalized spacial score (nSPS) is 18.5. The summed E-state index contributed by atoms with van der Waals surface area (Å²) in [6, 6.07) is 0. The molecule has 6 nitrogen and oxygen atoms in total. The number of aromatic hydroxyl groups is 1. The molecule has 2 N–H and O–H groups in total. The third-order valence-corrected chi connectivity index (χ3v) is 3.69. The van der Waals surface area contributed by atoms with Crippen molar-refractivity contribution in [1.29, 1.82) is 0 Å². The van der Waals surface area contributed by atoms with E-state index in [4.69, 9.17) is 14.7 Å². The molecule has 0 saturated carbocycles. The van der Waals surface area contributed by atoms with Gasteiger partial charge in [0.2, 0.25) is 12.5 Å². The molecule has 0 spiro atoms. The summed E-state index contributed by atoms with van der Waals surface area (Å²) in [6.45, 7) is 3.32. The Kier molecular flexibility index (Phi) is 2.74. The van der Waals surface area contributed by atoms with Crippen LogP contribution in [0.1, 0.15) is 23.6 Å². The van der Waals surface area contributed by atoms with Crippen LogP contribution in [0.5, 0.6) is 17.2 Å². The van der Waals surface area contributed by atoms with Crippen LogP contribution in [0.3, 0.4) is 0 Å². The summed E-state index contributed by atoms with van der Waals surface area (Å²) in [4.78, 5) is 2.12. The van der Waals surface area contributed by atoms with Crippen LogP contribution in [0.25, 0.3) is 0 Å². The number of nitrogens with zero attached hydrogens (tertiary/aromatic N) is 2. The highest BCUT2D eigenvalue weighted by atomic mass is 16.7. The van der Waals surface area contributed by atoms with Crippen molar-refractivity contribution in [2.45, 2.75) is 19.9 Å². The lowest BCUT2D eigenvalue weighted by atomic mass is 9.90. The molecule has 0 bridgehead atoms. The van der Waals surface area contributed by atoms with Gasteiger partial charge in [0, 0.05) is 24.2 Å². The predicted molar refractivity (Wildman–Crippen MR) is 68.3 cm³/mol. The van der Waals surface area contributed by atoms with Crippen molar-refractivity contribution in [1.82, 2.24) is 4.90 Å². The van der Waals surface area contributed by atoms with Gasteiger partial charge in [0.05, 0.1) is 5.71 Å². The minimum atomic E-state index is 0.0767. The first-order valence-electron chi connectivity index (χ1n) is 6.17. The van der Waals surface area contributed by atoms with Gasteiger partial charge >= 0.3 is 0 Å². The molecule has 0 aliphatic carbocycles. The summed E-state index contributed by atoms with van der Waals surface area (Å²) in [7, 11) is 2.00. The first kappa shape index (κ1) is 12.1. The van der Waals surface area contributed by atoms with Gasteiger partial charge in [0.25, 0.3) is 0 Å². The van der Waals surface area contributed by atoms with Crippen molar-refractivity contribution in [3.05, 3.63) is 16.7 Å². The van der Waals surface area contributed by atoms with Crippen LogP contribution in [0.4, 0.5) is 0 Å². The molecule has 102 valence electrons. The number of phenols is 1. The molecule has 0 fully saturated rings. The van der Waals surface area contributed by atoms with Gasteiger partial charge < -0.3 is 24.7 Å². The molecular weight excluding hydrogens is 248 g/mol. The molecule has 19 heavy (non-hydrogen) atoms. The standard InChI is InChI=1S/C13H16N2O4/c1-7(14-17)10-8-3-4-15(2)5-9(8)11(16)13-12(10)18-6-19-13/h16-17H,3-6H2,1-2H3. The Morgan fingerprint density at radius 1 is 1.26 bits per heavy atom. The van der Waals surface area contributed by atoms with Gasteiger partial charge in [-0.2, -0.15) is 0 Å². The Morgan fingerprint density at radius 3 is 2.74 bits per heavy atom. The SMILES string of the molecule is CC(=NO)c1c2c(c(O)c3c1OCO3)CN(C)CC2. The van der Waals surface area contributed by atoms with Gasteiger partial charge in [-0.05, 0) is 26.0 Å². The summed E-state index contributed by atoms with van der Waals surface area (Å²) < 4.78 is 10.8. The maximum Gasteiger partial charge on any atom is 0.231 e. The van der Waals surface area contributed by atoms with Crippen molar-refractivity contribution < 1.29 is 19.8 Å². The highest BCUT2D eigenvalue weighted by molar-refractivity contribution is 6.04. The third kappa shape index (κ3) is 1.71. The Hall–Kier alpha value is -1.95. The lowest BCUT2D eigenvalue weighted by Crippen LogP contribution is -2.28. The van der Waals surface area contributed by atoms with Crippen LogP contribution in [0, 0.1) is 0 Å². The van der Waals surface area contributed by atoms with E-state index in [0.29, 0.717) is 23.8 Å². The first-order valence-corrected chi connectivity index (χ1v) is 6.17. The van der Waals surface area contributed by atoms with E-state index in [1.807, 2.05) is 7.05 Å². The van der Waals surface area contributed by atoms with Gasteiger partial charge in [-0.15, -0.1) is 0 Å². The molecule has 2 aliphatic rings. The zero-order valence-corrected chi connectivity index (χ0v) is 10.9. The van der Waals surface area contributed by atoms with Gasteiger partial charge in [-0.3, -0.25) is 0 Å². The number of phenolic OH excluding ortho intramolecular Hbond substituents is 1. The fourth-order valence-corrected chi connectivity index (χ4v) is 2.74. The highest BCUT2D eigenvalue weighted by Gasteiger charge is 2.32. The van der Waals surface area contributed by atoms with Crippen molar-refractivity contribution in [3.63, 3.8) is 0 Å². The van der Waals surface area contributed by atoms with Crippen LogP contribution in [-0.4, -0.2) is 41.3 Å². The summed E-state index contributed by atoms with van der Waals surface area (Å²) in [5, 5.41) is 22.7. The molecule has 0 amide bonds. The number of rotatable bonds is 1. The van der Waals surface area contributed by atoms with Crippen LogP contribution in [0.2, 0.25) is 0 Å². The van der Waals surface area contributed by atoms with Crippen LogP contribution in [-0.2, 0) is 13.0 Å². The molecule has 3 rings (SSSR count). The number of oxime groups is 1. The smallest absolute Gasteiger partial charge is 0.231 e. The molecule has 0 unspecified atom stereocenters. The summed E-state index contributed by atoms with van der Waals surface area (Å²) >= 11 is 0. The molecular formula is C13H16N2O4. The Bertz CT molecular complexity index is 568. The lowest BCUT2D eigenvalue weighted by Gasteiger charge is -2.28. The quantitative estimate of drug-likeness (QED) is 0.454. The summed E-state index contributed by atoms with van der Waals surface area (Å²) in [5.41, 5.74) is 3.03. The number of hydrogen-bond acceptors (Lipinski definition) is 6. The Balaban J connectivity index is 2.29. The van der Waals surface area contributed by atoms with Gasteiger partial charge in [0.1, 0.15) is 0 Å². The van der Waals surface area contributed by atoms with E-state index in [1.54, 1.807) is 6.92 Å². The summed E-state index contributed by atoms with van der Waals surface area (Å²) in [5.74, 6) is 0.978. The second-order valence-electron chi connectivity index (χ2n) is 4.92. The zero-order valence-electron chi connectivity index (χ0n) is 10.9. The Morgan fingerprint density at radius 2 is 2.00 bits per heavy atom. The van der Waals surface area contributed by atoms with Crippen LogP contribution >= 0.6 is 0 Å². The van der Waals surface area contributed by atoms with Crippen molar-refractivity contribution in [2.24, 2.45) is 5.16 Å². The average Bonchev–Trinajstić information content (AvgIpc) is 2.88. The monoisotopic (exact) mass is 264 g/mol. The van der Waals surface area contributed by atoms with Crippen LogP contribution < -0.4 is 9.47 Å². The summed E-state index contributed by atoms with van der Waals surface area (Å²) in [6.07, 6.45) is 0.776. The van der Waals surface area contributed by atoms with Crippen molar-refractivity contribution in [2.75, 3.05) is 20.4 Å². The van der Waals surface area contributed by atoms with E-state index in [0.717, 1.165) is 29.7 Å². The second kappa shape index (κ2) is 4.31. The molecule has 2 aliphatic heterocycles. The number of hydrogen-bond donors (Lipinski definition) is 2. The Labute approximate surface area is 110 Å². The largest absolute Gasteiger partial charge is 0.504 e. The predicted octanol–water partition coefficient (Wildman–Crippen LogP) is 1.31. The fraction of sp³-hybridized carbons (Fsp3) is 0.462. The molecule has 6 heteroatoms. The first-order chi connectivity index (χ1) is 9.13. The minimum absolute atomic E-state index is 0.0767. The van der Waals surface area contributed by atoms with Crippen molar-refractivity contribution in [3.8, 4) is 17.2 Å². The van der Waals surface area contributed by atoms with Gasteiger partial charge in [-0.25, -0.2) is 0 Å². The molecule has 1 aromatic rings. The van der Waals surface area contributed by atoms with E-state index in [9.17, 15) is 5.11 Å². The number of ether oxygens (including phenoxy) is 2. The van der Waals surface area contributed by atoms with Gasteiger partial charge in [0.15, 0.2) is 11.5 Å². The molecule has 2 heterocycles. The minimum Gasteiger partial charge on any atom is -0.504 e. The third-order valence-electron chi connectivity index (χ3n) is 3.69. The fourth-order valence-electron chi connectivity index (χ4n) is 2.74. The lowest BCUT2D eigenvalue weighted by molar-refractivity contribution is 0.171. The molecule has 0 radical (unpaired) electrons. The second-order valence-corrected chi connectivity index (χ2v) is 4.92. The number of fused-ring (bicyclic) bond motifs is 2. The average molecular weight is 264 g/mol.